The van der Waals surface area contributed by atoms with Crippen molar-refractivity contribution in [2.45, 2.75) is 57.7 Å². The van der Waals surface area contributed by atoms with Crippen LogP contribution in [0.3, 0.4) is 0 Å². The molecule has 0 N–H and O–H groups in total. The van der Waals surface area contributed by atoms with Gasteiger partial charge in [0.15, 0.2) is 0 Å². The fourth-order valence-corrected chi connectivity index (χ4v) is 3.26. The Balaban J connectivity index is 2.00. The van der Waals surface area contributed by atoms with Gasteiger partial charge in [-0.05, 0) is 43.1 Å². The fraction of sp³-hybridized carbons (Fsp3) is 0.588. The fourth-order valence-electron chi connectivity index (χ4n) is 3.26. The molecule has 2 rings (SSSR count). The molecule has 0 saturated heterocycles. The number of alkyl halides is 3. The predicted octanol–water partition coefficient (Wildman–Crippen LogP) is 6.00. The second kappa shape index (κ2) is 7.25. The maximum Gasteiger partial charge on any atom is 0.505 e. The van der Waals surface area contributed by atoms with Crippen LogP contribution in [0, 0.1) is 5.92 Å². The molecule has 0 atom stereocenters. The molecule has 5 heteroatoms. The SMILES string of the molecule is CCCC1CCC(c2ccc(/C(F)=N/C(F)(F)F)cc2)CC1. The molecular formula is C17H21F4N. The van der Waals surface area contributed by atoms with Crippen LogP contribution in [-0.4, -0.2) is 12.3 Å². The van der Waals surface area contributed by atoms with E-state index in [1.165, 1.54) is 37.8 Å². The average Bonchev–Trinajstić information content (AvgIpc) is 2.47. The third kappa shape index (κ3) is 4.82. The van der Waals surface area contributed by atoms with Gasteiger partial charge in [0, 0.05) is 5.56 Å². The highest BCUT2D eigenvalue weighted by atomic mass is 19.4. The van der Waals surface area contributed by atoms with E-state index in [2.05, 4.69) is 11.9 Å². The van der Waals surface area contributed by atoms with Crippen molar-refractivity contribution in [3.63, 3.8) is 0 Å². The Morgan fingerprint density at radius 1 is 1.09 bits per heavy atom. The Hall–Kier alpha value is -1.39. The molecule has 0 aromatic heterocycles. The summed E-state index contributed by atoms with van der Waals surface area (Å²) >= 11 is 0. The summed E-state index contributed by atoms with van der Waals surface area (Å²) in [5, 5.41) is 0. The molecule has 0 heterocycles. The number of rotatable bonds is 4. The minimum atomic E-state index is -4.87. The molecule has 1 aliphatic carbocycles. The molecule has 0 unspecified atom stereocenters. The second-order valence-electron chi connectivity index (χ2n) is 6.00. The van der Waals surface area contributed by atoms with Crippen LogP contribution >= 0.6 is 0 Å². The van der Waals surface area contributed by atoms with Crippen LogP contribution in [0.4, 0.5) is 17.6 Å². The van der Waals surface area contributed by atoms with Crippen molar-refractivity contribution in [1.29, 1.82) is 0 Å². The zero-order valence-electron chi connectivity index (χ0n) is 12.7. The Bertz CT molecular complexity index is 496. The Labute approximate surface area is 128 Å². The molecule has 1 fully saturated rings. The average molecular weight is 315 g/mol. The minimum absolute atomic E-state index is 0.124. The molecule has 0 aliphatic heterocycles. The number of benzene rings is 1. The largest absolute Gasteiger partial charge is 0.505 e. The highest BCUT2D eigenvalue weighted by Crippen LogP contribution is 2.37. The number of nitrogens with zero attached hydrogens (tertiary/aromatic N) is 1. The van der Waals surface area contributed by atoms with E-state index in [4.69, 9.17) is 0 Å². The van der Waals surface area contributed by atoms with Gasteiger partial charge in [0.05, 0.1) is 0 Å². The first-order chi connectivity index (χ1) is 10.4. The summed E-state index contributed by atoms with van der Waals surface area (Å²) in [6, 6.07) is 6.23. The highest BCUT2D eigenvalue weighted by Gasteiger charge is 2.28. The molecular weight excluding hydrogens is 294 g/mol. The molecule has 1 aromatic rings. The molecule has 1 aliphatic rings. The summed E-state index contributed by atoms with van der Waals surface area (Å²) < 4.78 is 49.5. The van der Waals surface area contributed by atoms with Crippen LogP contribution in [0.2, 0.25) is 0 Å². The van der Waals surface area contributed by atoms with Gasteiger partial charge < -0.3 is 0 Å². The zero-order chi connectivity index (χ0) is 16.2. The number of aliphatic imine (C=N–C) groups is 1. The van der Waals surface area contributed by atoms with Gasteiger partial charge in [-0.3, -0.25) is 0 Å². The summed E-state index contributed by atoms with van der Waals surface area (Å²) in [4.78, 5) is 2.10. The van der Waals surface area contributed by atoms with Crippen molar-refractivity contribution in [3.8, 4) is 0 Å². The van der Waals surface area contributed by atoms with E-state index in [0.717, 1.165) is 24.3 Å². The monoisotopic (exact) mass is 315 g/mol. The van der Waals surface area contributed by atoms with Crippen LogP contribution < -0.4 is 0 Å². The van der Waals surface area contributed by atoms with Crippen molar-refractivity contribution in [2.24, 2.45) is 10.9 Å². The molecule has 0 spiro atoms. The van der Waals surface area contributed by atoms with E-state index < -0.39 is 12.3 Å². The normalized spacial score (nSPS) is 23.6. The van der Waals surface area contributed by atoms with Crippen LogP contribution in [0.1, 0.15) is 62.5 Å². The second-order valence-corrected chi connectivity index (χ2v) is 6.00. The molecule has 1 saturated carbocycles. The first kappa shape index (κ1) is 17.0. The molecule has 122 valence electrons. The third-order valence-electron chi connectivity index (χ3n) is 4.39. The van der Waals surface area contributed by atoms with Crippen LogP contribution in [0.5, 0.6) is 0 Å². The van der Waals surface area contributed by atoms with Crippen LogP contribution in [0.15, 0.2) is 29.3 Å². The summed E-state index contributed by atoms with van der Waals surface area (Å²) in [7, 11) is 0. The first-order valence-corrected chi connectivity index (χ1v) is 7.81. The maximum absolute atomic E-state index is 13.4. The Morgan fingerprint density at radius 2 is 1.68 bits per heavy atom. The van der Waals surface area contributed by atoms with Gasteiger partial charge in [-0.1, -0.05) is 44.0 Å². The Kier molecular flexibility index (Phi) is 5.59. The topological polar surface area (TPSA) is 12.4 Å². The third-order valence-corrected chi connectivity index (χ3v) is 4.39. The standard InChI is InChI=1S/C17H21F4N/c1-2-3-12-4-6-13(7-5-12)14-8-10-15(11-9-14)16(18)22-17(19,20)21/h8-13H,2-7H2,1H3/b22-16-. The van der Waals surface area contributed by atoms with Crippen molar-refractivity contribution in [2.75, 3.05) is 0 Å². The van der Waals surface area contributed by atoms with Crippen molar-refractivity contribution < 1.29 is 17.6 Å². The number of hydrogen-bond donors (Lipinski definition) is 0. The van der Waals surface area contributed by atoms with Gasteiger partial charge in [-0.2, -0.15) is 9.38 Å². The molecule has 1 nitrogen and oxygen atoms in total. The summed E-state index contributed by atoms with van der Waals surface area (Å²) in [6.07, 6.45) is 2.20. The van der Waals surface area contributed by atoms with E-state index in [0.29, 0.717) is 5.92 Å². The summed E-state index contributed by atoms with van der Waals surface area (Å²) in [6.45, 7) is 2.20. The summed E-state index contributed by atoms with van der Waals surface area (Å²) in [5.41, 5.74) is 0.958. The van der Waals surface area contributed by atoms with Crippen molar-refractivity contribution in [3.05, 3.63) is 35.4 Å². The van der Waals surface area contributed by atoms with Gasteiger partial charge in [-0.25, -0.2) is 0 Å². The lowest BCUT2D eigenvalue weighted by Crippen LogP contribution is -2.13. The van der Waals surface area contributed by atoms with Gasteiger partial charge in [0.1, 0.15) is 0 Å². The van der Waals surface area contributed by atoms with Gasteiger partial charge >= 0.3 is 6.30 Å². The highest BCUT2D eigenvalue weighted by molar-refractivity contribution is 5.93. The van der Waals surface area contributed by atoms with Crippen molar-refractivity contribution >= 4 is 5.97 Å². The Morgan fingerprint density at radius 3 is 2.18 bits per heavy atom. The molecule has 1 aromatic carbocycles. The number of halogens is 4. The van der Waals surface area contributed by atoms with E-state index in [1.807, 2.05) is 0 Å². The molecule has 0 amide bonds. The summed E-state index contributed by atoms with van der Waals surface area (Å²) in [5.74, 6) is -0.243. The predicted molar refractivity (Wildman–Crippen MR) is 79.7 cm³/mol. The van der Waals surface area contributed by atoms with E-state index >= 15 is 0 Å². The van der Waals surface area contributed by atoms with Crippen LogP contribution in [-0.2, 0) is 0 Å². The van der Waals surface area contributed by atoms with Crippen molar-refractivity contribution in [1.82, 2.24) is 0 Å². The molecule has 0 radical (unpaired) electrons. The van der Waals surface area contributed by atoms with Crippen LogP contribution in [0.25, 0.3) is 0 Å². The van der Waals surface area contributed by atoms with E-state index in [1.54, 1.807) is 12.1 Å². The van der Waals surface area contributed by atoms with E-state index in [-0.39, 0.29) is 5.56 Å². The lowest BCUT2D eigenvalue weighted by molar-refractivity contribution is -0.120. The molecule has 0 bridgehead atoms. The smallest absolute Gasteiger partial charge is 0.184 e. The number of hydrogen-bond acceptors (Lipinski definition) is 1. The molecule has 22 heavy (non-hydrogen) atoms. The lowest BCUT2D eigenvalue weighted by Gasteiger charge is -2.28. The van der Waals surface area contributed by atoms with Gasteiger partial charge in [0.25, 0.3) is 0 Å². The minimum Gasteiger partial charge on any atom is -0.184 e. The quantitative estimate of drug-likeness (QED) is 0.367. The van der Waals surface area contributed by atoms with Gasteiger partial charge in [-0.15, -0.1) is 13.2 Å². The van der Waals surface area contributed by atoms with E-state index in [9.17, 15) is 17.6 Å². The first-order valence-electron chi connectivity index (χ1n) is 7.81. The maximum atomic E-state index is 13.4. The zero-order valence-corrected chi connectivity index (χ0v) is 12.7. The lowest BCUT2D eigenvalue weighted by atomic mass is 9.77. The van der Waals surface area contributed by atoms with Gasteiger partial charge in [0.2, 0.25) is 5.97 Å².